The smallest absolute Gasteiger partial charge is 0.132 e. The topological polar surface area (TPSA) is 64.3 Å². The van der Waals surface area contributed by atoms with Gasteiger partial charge in [0.15, 0.2) is 0 Å². The maximum absolute atomic E-state index is 5.76. The Bertz CT molecular complexity index is 324. The molecule has 0 radical (unpaired) electrons. The summed E-state index contributed by atoms with van der Waals surface area (Å²) in [6.07, 6.45) is 2.44. The molecule has 1 aliphatic rings. The number of nitrogens with zero attached hydrogens (tertiary/aromatic N) is 3. The predicted octanol–water partition coefficient (Wildman–Crippen LogP) is 0.979. The molecule has 0 amide bonds. The molecule has 1 saturated heterocycles. The first kappa shape index (κ1) is 11.8. The molecule has 1 aliphatic heterocycles. The molecule has 1 aromatic rings. The Morgan fingerprint density at radius 3 is 3.12 bits per heavy atom. The van der Waals surface area contributed by atoms with Crippen molar-refractivity contribution < 1.29 is 4.74 Å². The summed E-state index contributed by atoms with van der Waals surface area (Å²) in [5.74, 6) is 0.645. The third-order valence-electron chi connectivity index (χ3n) is 2.83. The average molecular weight is 242 g/mol. The predicted molar refractivity (Wildman–Crippen MR) is 64.2 cm³/mol. The van der Waals surface area contributed by atoms with Crippen LogP contribution in [0.3, 0.4) is 0 Å². The van der Waals surface area contributed by atoms with Gasteiger partial charge < -0.3 is 10.5 Å². The molecular formula is C10H18N4OS. The molecule has 0 aromatic carbocycles. The Morgan fingerprint density at radius 2 is 2.50 bits per heavy atom. The van der Waals surface area contributed by atoms with Crippen molar-refractivity contribution in [1.29, 1.82) is 0 Å². The fraction of sp³-hybridized carbons (Fsp3) is 0.800. The highest BCUT2D eigenvalue weighted by Gasteiger charge is 2.17. The molecule has 16 heavy (non-hydrogen) atoms. The van der Waals surface area contributed by atoms with E-state index in [1.807, 2.05) is 0 Å². The van der Waals surface area contributed by atoms with Crippen molar-refractivity contribution >= 4 is 16.5 Å². The first-order valence-electron chi connectivity index (χ1n) is 5.58. The summed E-state index contributed by atoms with van der Waals surface area (Å²) in [4.78, 5) is 2.24. The van der Waals surface area contributed by atoms with Gasteiger partial charge in [-0.1, -0.05) is 4.49 Å². The van der Waals surface area contributed by atoms with Crippen molar-refractivity contribution in [3.63, 3.8) is 0 Å². The second-order valence-corrected chi connectivity index (χ2v) is 5.15. The van der Waals surface area contributed by atoms with E-state index in [-0.39, 0.29) is 0 Å². The summed E-state index contributed by atoms with van der Waals surface area (Å²) in [6.45, 7) is 3.62. The van der Waals surface area contributed by atoms with Gasteiger partial charge in [0, 0.05) is 31.2 Å². The van der Waals surface area contributed by atoms with Crippen LogP contribution in [-0.4, -0.2) is 41.3 Å². The van der Waals surface area contributed by atoms with Crippen LogP contribution in [0.15, 0.2) is 0 Å². The summed E-state index contributed by atoms with van der Waals surface area (Å²) in [5, 5.41) is 4.75. The van der Waals surface area contributed by atoms with E-state index in [4.69, 9.17) is 10.5 Å². The van der Waals surface area contributed by atoms with Crippen molar-refractivity contribution in [3.05, 3.63) is 5.69 Å². The fourth-order valence-electron chi connectivity index (χ4n) is 2.04. The first-order valence-corrected chi connectivity index (χ1v) is 6.36. The molecule has 0 bridgehead atoms. The lowest BCUT2D eigenvalue weighted by atomic mass is 10.0. The molecule has 0 spiro atoms. The van der Waals surface area contributed by atoms with E-state index in [1.165, 1.54) is 24.4 Å². The van der Waals surface area contributed by atoms with Gasteiger partial charge in [-0.05, 0) is 25.8 Å². The van der Waals surface area contributed by atoms with Crippen LogP contribution in [0.1, 0.15) is 18.5 Å². The number of nitrogen functional groups attached to an aromatic ring is 1. The minimum absolute atomic E-state index is 0.645. The van der Waals surface area contributed by atoms with E-state index in [2.05, 4.69) is 21.5 Å². The summed E-state index contributed by atoms with van der Waals surface area (Å²) in [5.41, 5.74) is 6.66. The van der Waals surface area contributed by atoms with Gasteiger partial charge in [-0.3, -0.25) is 4.90 Å². The van der Waals surface area contributed by atoms with Crippen LogP contribution in [0, 0.1) is 5.92 Å². The van der Waals surface area contributed by atoms with Crippen LogP contribution in [0.25, 0.3) is 0 Å². The third kappa shape index (κ3) is 3.13. The van der Waals surface area contributed by atoms with Crippen molar-refractivity contribution in [2.45, 2.75) is 19.4 Å². The molecule has 2 rings (SSSR count). The first-order chi connectivity index (χ1) is 7.75. The molecule has 1 fully saturated rings. The Labute approximate surface area is 99.7 Å². The average Bonchev–Trinajstić information content (AvgIpc) is 2.66. The van der Waals surface area contributed by atoms with Gasteiger partial charge >= 0.3 is 0 Å². The second-order valence-electron chi connectivity index (χ2n) is 4.36. The molecular weight excluding hydrogens is 224 g/mol. The quantitative estimate of drug-likeness (QED) is 0.852. The number of nitrogens with two attached hydrogens (primary N) is 1. The van der Waals surface area contributed by atoms with Gasteiger partial charge in [0.1, 0.15) is 10.7 Å². The summed E-state index contributed by atoms with van der Waals surface area (Å²) < 4.78 is 9.30. The van der Waals surface area contributed by atoms with Gasteiger partial charge in [-0.25, -0.2) is 0 Å². The highest BCUT2D eigenvalue weighted by Crippen LogP contribution is 2.17. The van der Waals surface area contributed by atoms with E-state index in [9.17, 15) is 0 Å². The molecule has 1 unspecified atom stereocenters. The molecule has 1 aromatic heterocycles. The second kappa shape index (κ2) is 5.56. The molecule has 6 heteroatoms. The van der Waals surface area contributed by atoms with Gasteiger partial charge in [0.05, 0.1) is 6.61 Å². The largest absolute Gasteiger partial charge is 0.388 e. The van der Waals surface area contributed by atoms with Crippen LogP contribution < -0.4 is 5.73 Å². The van der Waals surface area contributed by atoms with Crippen LogP contribution in [0.4, 0.5) is 5.00 Å². The highest BCUT2D eigenvalue weighted by molar-refractivity contribution is 7.09. The zero-order valence-corrected chi connectivity index (χ0v) is 10.4. The van der Waals surface area contributed by atoms with E-state index in [0.29, 0.717) is 5.92 Å². The third-order valence-corrected chi connectivity index (χ3v) is 3.42. The summed E-state index contributed by atoms with van der Waals surface area (Å²) in [7, 11) is 2.09. The number of hydrogen-bond acceptors (Lipinski definition) is 6. The van der Waals surface area contributed by atoms with Gasteiger partial charge in [0.25, 0.3) is 0 Å². The SMILES string of the molecule is CN(Cc1nnsc1N)CC1CCCOC1. The van der Waals surface area contributed by atoms with Crippen molar-refractivity contribution in [2.75, 3.05) is 32.5 Å². The van der Waals surface area contributed by atoms with Crippen LogP contribution >= 0.6 is 11.5 Å². The standard InChI is InChI=1S/C10H18N4OS/c1-14(5-8-3-2-4-15-7-8)6-9-10(11)16-13-12-9/h8H,2-7,11H2,1H3. The zero-order chi connectivity index (χ0) is 11.4. The minimum Gasteiger partial charge on any atom is -0.388 e. The Kier molecular flexibility index (Phi) is 4.09. The molecule has 0 saturated carbocycles. The van der Waals surface area contributed by atoms with E-state index < -0.39 is 0 Å². The zero-order valence-electron chi connectivity index (χ0n) is 9.56. The van der Waals surface area contributed by atoms with Gasteiger partial charge in [-0.2, -0.15) is 0 Å². The lowest BCUT2D eigenvalue weighted by molar-refractivity contribution is 0.0410. The molecule has 2 heterocycles. The lowest BCUT2D eigenvalue weighted by Crippen LogP contribution is -2.30. The minimum atomic E-state index is 0.645. The summed E-state index contributed by atoms with van der Waals surface area (Å²) in [6, 6.07) is 0. The monoisotopic (exact) mass is 242 g/mol. The normalized spacial score (nSPS) is 21.5. The van der Waals surface area contributed by atoms with Gasteiger partial charge in [0.2, 0.25) is 0 Å². The van der Waals surface area contributed by atoms with Crippen LogP contribution in [0.2, 0.25) is 0 Å². The lowest BCUT2D eigenvalue weighted by Gasteiger charge is -2.26. The number of rotatable bonds is 4. The van der Waals surface area contributed by atoms with E-state index >= 15 is 0 Å². The molecule has 5 nitrogen and oxygen atoms in total. The molecule has 1 atom stereocenters. The fourth-order valence-corrected chi connectivity index (χ4v) is 2.48. The Morgan fingerprint density at radius 1 is 1.62 bits per heavy atom. The van der Waals surface area contributed by atoms with Crippen molar-refractivity contribution in [2.24, 2.45) is 5.92 Å². The maximum Gasteiger partial charge on any atom is 0.132 e. The molecule has 0 aliphatic carbocycles. The van der Waals surface area contributed by atoms with E-state index in [1.54, 1.807) is 0 Å². The molecule has 2 N–H and O–H groups in total. The van der Waals surface area contributed by atoms with Crippen LogP contribution in [0.5, 0.6) is 0 Å². The highest BCUT2D eigenvalue weighted by atomic mass is 32.1. The van der Waals surface area contributed by atoms with Crippen LogP contribution in [-0.2, 0) is 11.3 Å². The maximum atomic E-state index is 5.76. The summed E-state index contributed by atoms with van der Waals surface area (Å²) >= 11 is 1.26. The van der Waals surface area contributed by atoms with Crippen molar-refractivity contribution in [3.8, 4) is 0 Å². The Balaban J connectivity index is 1.79. The van der Waals surface area contributed by atoms with Gasteiger partial charge in [-0.15, -0.1) is 5.10 Å². The Hall–Kier alpha value is -0.720. The molecule has 90 valence electrons. The number of aromatic nitrogens is 2. The number of hydrogen-bond donors (Lipinski definition) is 1. The number of ether oxygens (including phenoxy) is 1. The van der Waals surface area contributed by atoms with E-state index in [0.717, 1.165) is 37.0 Å². The number of anilines is 1. The van der Waals surface area contributed by atoms with Crippen molar-refractivity contribution in [1.82, 2.24) is 14.5 Å².